The van der Waals surface area contributed by atoms with E-state index in [4.69, 9.17) is 0 Å². The molecule has 1 saturated heterocycles. The maximum absolute atomic E-state index is 3.93. The minimum Gasteiger partial charge on any atom is -0.310 e. The van der Waals surface area contributed by atoms with Crippen LogP contribution >= 0.6 is 15.9 Å². The lowest BCUT2D eigenvalue weighted by atomic mass is 9.78. The number of hydrogen-bond donors (Lipinski definition) is 1. The van der Waals surface area contributed by atoms with Crippen LogP contribution in [0.1, 0.15) is 44.1 Å². The van der Waals surface area contributed by atoms with Crippen molar-refractivity contribution in [1.29, 1.82) is 0 Å². The van der Waals surface area contributed by atoms with Crippen LogP contribution in [0.2, 0.25) is 0 Å². The number of nitrogens with zero attached hydrogens (tertiary/aromatic N) is 1. The first-order valence-electron chi connectivity index (χ1n) is 8.40. The maximum Gasteiger partial charge on any atom is 0.0242 e. The monoisotopic (exact) mass is 350 g/mol. The summed E-state index contributed by atoms with van der Waals surface area (Å²) in [6, 6.07) is 10.0. The summed E-state index contributed by atoms with van der Waals surface area (Å²) in [5.41, 5.74) is 1.38. The molecule has 1 aromatic carbocycles. The fourth-order valence-corrected chi connectivity index (χ4v) is 4.49. The van der Waals surface area contributed by atoms with E-state index < -0.39 is 0 Å². The molecule has 0 amide bonds. The van der Waals surface area contributed by atoms with Gasteiger partial charge in [0.25, 0.3) is 0 Å². The molecule has 1 aliphatic heterocycles. The Morgan fingerprint density at radius 2 is 1.95 bits per heavy atom. The molecule has 21 heavy (non-hydrogen) atoms. The van der Waals surface area contributed by atoms with Crippen LogP contribution in [0.15, 0.2) is 28.7 Å². The average Bonchev–Trinajstić information content (AvgIpc) is 2.49. The van der Waals surface area contributed by atoms with E-state index in [1.54, 1.807) is 0 Å². The minimum absolute atomic E-state index is 0.678. The van der Waals surface area contributed by atoms with Crippen LogP contribution < -0.4 is 5.32 Å². The van der Waals surface area contributed by atoms with E-state index >= 15 is 0 Å². The second-order valence-electron chi connectivity index (χ2n) is 6.88. The van der Waals surface area contributed by atoms with E-state index in [-0.39, 0.29) is 0 Å². The van der Waals surface area contributed by atoms with Gasteiger partial charge in [-0.2, -0.15) is 0 Å². The molecule has 0 spiro atoms. The van der Waals surface area contributed by atoms with Crippen LogP contribution in [0, 0.1) is 5.92 Å². The third kappa shape index (κ3) is 4.08. The molecule has 116 valence electrons. The number of likely N-dealkylation sites (N-methyl/N-ethyl adjacent to an activating group) is 1. The van der Waals surface area contributed by atoms with Gasteiger partial charge in [-0.15, -0.1) is 0 Å². The predicted octanol–water partition coefficient (Wildman–Crippen LogP) is 4.19. The number of halogens is 1. The van der Waals surface area contributed by atoms with Gasteiger partial charge in [-0.25, -0.2) is 0 Å². The third-order valence-corrected chi connectivity index (χ3v) is 5.95. The second-order valence-corrected chi connectivity index (χ2v) is 7.73. The first-order valence-corrected chi connectivity index (χ1v) is 9.19. The van der Waals surface area contributed by atoms with Crippen LogP contribution in [0.3, 0.4) is 0 Å². The standard InChI is InChI=1S/C18H27BrN2/c1-21(12-15-7-2-4-8-17(15)19)13-16-11-10-14-6-3-5-9-18(14)20-16/h2,4,7-8,14,16,18,20H,3,5-6,9-13H2,1H3. The highest BCUT2D eigenvalue weighted by molar-refractivity contribution is 9.10. The van der Waals surface area contributed by atoms with Crippen molar-refractivity contribution in [2.24, 2.45) is 5.92 Å². The van der Waals surface area contributed by atoms with Crippen molar-refractivity contribution in [3.63, 3.8) is 0 Å². The van der Waals surface area contributed by atoms with Gasteiger partial charge in [0.15, 0.2) is 0 Å². The normalized spacial score (nSPS) is 29.4. The Bertz CT molecular complexity index is 462. The molecule has 3 rings (SSSR count). The van der Waals surface area contributed by atoms with E-state index in [0.29, 0.717) is 6.04 Å². The zero-order valence-corrected chi connectivity index (χ0v) is 14.6. The van der Waals surface area contributed by atoms with Crippen molar-refractivity contribution in [2.45, 2.75) is 57.2 Å². The summed E-state index contributed by atoms with van der Waals surface area (Å²) < 4.78 is 1.22. The first kappa shape index (κ1) is 15.5. The van der Waals surface area contributed by atoms with Crippen LogP contribution in [0.5, 0.6) is 0 Å². The largest absolute Gasteiger partial charge is 0.310 e. The Balaban J connectivity index is 1.51. The molecular weight excluding hydrogens is 324 g/mol. The van der Waals surface area contributed by atoms with Gasteiger partial charge in [-0.1, -0.05) is 47.0 Å². The third-order valence-electron chi connectivity index (χ3n) is 5.17. The number of benzene rings is 1. The molecular formula is C18H27BrN2. The molecule has 3 unspecified atom stereocenters. The fourth-order valence-electron chi connectivity index (χ4n) is 4.08. The van der Waals surface area contributed by atoms with Crippen LogP contribution in [0.25, 0.3) is 0 Å². The van der Waals surface area contributed by atoms with Gasteiger partial charge in [0.2, 0.25) is 0 Å². The SMILES string of the molecule is CN(Cc1ccccc1Br)CC1CCC2CCCCC2N1. The molecule has 0 bridgehead atoms. The van der Waals surface area contributed by atoms with Gasteiger partial charge in [-0.3, -0.25) is 0 Å². The Labute approximate surface area is 137 Å². The highest BCUT2D eigenvalue weighted by atomic mass is 79.9. The molecule has 2 aliphatic rings. The van der Waals surface area contributed by atoms with Gasteiger partial charge >= 0.3 is 0 Å². The van der Waals surface area contributed by atoms with Crippen LogP contribution in [-0.4, -0.2) is 30.6 Å². The molecule has 3 heteroatoms. The minimum atomic E-state index is 0.678. The Hall–Kier alpha value is -0.380. The average molecular weight is 351 g/mol. The van der Waals surface area contributed by atoms with Crippen molar-refractivity contribution in [3.05, 3.63) is 34.3 Å². The molecule has 1 aromatic rings. The molecule has 0 radical (unpaired) electrons. The number of fused-ring (bicyclic) bond motifs is 1. The highest BCUT2D eigenvalue weighted by Crippen LogP contribution is 2.32. The zero-order valence-electron chi connectivity index (χ0n) is 13.0. The quantitative estimate of drug-likeness (QED) is 0.875. The predicted molar refractivity (Wildman–Crippen MR) is 92.4 cm³/mol. The smallest absolute Gasteiger partial charge is 0.0242 e. The number of piperidine rings is 1. The van der Waals surface area contributed by atoms with Gasteiger partial charge in [0, 0.05) is 29.6 Å². The zero-order chi connectivity index (χ0) is 14.7. The summed E-state index contributed by atoms with van der Waals surface area (Å²) in [6.07, 6.45) is 8.52. The van der Waals surface area contributed by atoms with E-state index in [1.807, 2.05) is 0 Å². The molecule has 2 nitrogen and oxygen atoms in total. The number of hydrogen-bond acceptors (Lipinski definition) is 2. The Morgan fingerprint density at radius 1 is 1.14 bits per heavy atom. The van der Waals surface area contributed by atoms with E-state index in [1.165, 1.54) is 48.6 Å². The summed E-state index contributed by atoms with van der Waals surface area (Å²) in [4.78, 5) is 2.46. The summed E-state index contributed by atoms with van der Waals surface area (Å²) in [7, 11) is 2.24. The lowest BCUT2D eigenvalue weighted by molar-refractivity contribution is 0.151. The van der Waals surface area contributed by atoms with Crippen molar-refractivity contribution in [1.82, 2.24) is 10.2 Å². The number of nitrogens with one attached hydrogen (secondary N) is 1. The Kier molecular flexibility index (Phi) is 5.36. The van der Waals surface area contributed by atoms with E-state index in [2.05, 4.69) is 57.5 Å². The highest BCUT2D eigenvalue weighted by Gasteiger charge is 2.31. The van der Waals surface area contributed by atoms with Crippen molar-refractivity contribution in [2.75, 3.05) is 13.6 Å². The van der Waals surface area contributed by atoms with E-state index in [0.717, 1.165) is 25.0 Å². The molecule has 2 fully saturated rings. The van der Waals surface area contributed by atoms with E-state index in [9.17, 15) is 0 Å². The van der Waals surface area contributed by atoms with Gasteiger partial charge in [0.1, 0.15) is 0 Å². The lowest BCUT2D eigenvalue weighted by Gasteiger charge is -2.41. The summed E-state index contributed by atoms with van der Waals surface area (Å²) in [6.45, 7) is 2.18. The van der Waals surface area contributed by atoms with Gasteiger partial charge in [-0.05, 0) is 50.3 Å². The number of rotatable bonds is 4. The molecule has 0 aromatic heterocycles. The molecule has 1 heterocycles. The van der Waals surface area contributed by atoms with Crippen molar-refractivity contribution >= 4 is 15.9 Å². The maximum atomic E-state index is 3.93. The van der Waals surface area contributed by atoms with Crippen molar-refractivity contribution < 1.29 is 0 Å². The van der Waals surface area contributed by atoms with Crippen LogP contribution in [0.4, 0.5) is 0 Å². The van der Waals surface area contributed by atoms with Gasteiger partial charge < -0.3 is 10.2 Å². The topological polar surface area (TPSA) is 15.3 Å². The summed E-state index contributed by atoms with van der Waals surface area (Å²) in [5.74, 6) is 0.962. The Morgan fingerprint density at radius 3 is 2.81 bits per heavy atom. The molecule has 1 N–H and O–H groups in total. The summed E-state index contributed by atoms with van der Waals surface area (Å²) in [5, 5.41) is 3.93. The molecule has 1 aliphatic carbocycles. The second kappa shape index (κ2) is 7.26. The molecule has 3 atom stereocenters. The van der Waals surface area contributed by atoms with Crippen LogP contribution in [-0.2, 0) is 6.54 Å². The van der Waals surface area contributed by atoms with Gasteiger partial charge in [0.05, 0.1) is 0 Å². The fraction of sp³-hybridized carbons (Fsp3) is 0.667. The lowest BCUT2D eigenvalue weighted by Crippen LogP contribution is -2.52. The summed E-state index contributed by atoms with van der Waals surface area (Å²) >= 11 is 3.65. The first-order chi connectivity index (χ1) is 10.2. The van der Waals surface area contributed by atoms with Crippen molar-refractivity contribution in [3.8, 4) is 0 Å². The molecule has 1 saturated carbocycles.